The third-order valence-corrected chi connectivity index (χ3v) is 8.68. The minimum atomic E-state index is -4.59. The molecule has 3 aromatic carbocycles. The van der Waals surface area contributed by atoms with Crippen molar-refractivity contribution >= 4 is 76.6 Å². The molecule has 0 unspecified atom stereocenters. The number of halogens is 4. The van der Waals surface area contributed by atoms with Gasteiger partial charge in [0.15, 0.2) is 11.6 Å². The lowest BCUT2D eigenvalue weighted by Crippen LogP contribution is -2.19. The first-order chi connectivity index (χ1) is 15.7. The molecule has 0 saturated carbocycles. The molecule has 0 bridgehead atoms. The highest BCUT2D eigenvalue weighted by Gasteiger charge is 2.27. The van der Waals surface area contributed by atoms with E-state index >= 15 is 0 Å². The lowest BCUT2D eigenvalue weighted by molar-refractivity contribution is 0.402. The molecule has 0 radical (unpaired) electrons. The van der Waals surface area contributed by atoms with Crippen LogP contribution >= 0.6 is 45.2 Å². The number of ether oxygens (including phenoxy) is 1. The number of methoxy groups -OCH3 is 1. The molecule has 0 heterocycles. The Bertz CT molecular complexity index is 1450. The molecule has 0 atom stereocenters. The van der Waals surface area contributed by atoms with Crippen molar-refractivity contribution in [2.24, 2.45) is 0 Å². The van der Waals surface area contributed by atoms with E-state index in [0.29, 0.717) is 12.1 Å². The summed E-state index contributed by atoms with van der Waals surface area (Å²) in [6, 6.07) is 6.54. The third kappa shape index (κ3) is 5.57. The van der Waals surface area contributed by atoms with E-state index in [0.717, 1.165) is 37.4 Å². The van der Waals surface area contributed by atoms with Gasteiger partial charge in [0, 0.05) is 19.3 Å². The van der Waals surface area contributed by atoms with E-state index in [1.54, 1.807) is 45.2 Å². The average molecular weight is 738 g/mol. The van der Waals surface area contributed by atoms with E-state index in [1.165, 1.54) is 0 Å². The molecule has 9 nitrogen and oxygen atoms in total. The zero-order valence-corrected chi connectivity index (χ0v) is 22.8. The van der Waals surface area contributed by atoms with Crippen LogP contribution in [0.3, 0.4) is 0 Å². The Labute approximate surface area is 220 Å². The SMILES string of the molecule is COc1ccc(S(=O)(=O)Nc2c(F)cc(O)cc2I)cc1S(=O)(=O)Nc1c(F)cc(O)cc1I. The average Bonchev–Trinajstić information content (AvgIpc) is 2.73. The summed E-state index contributed by atoms with van der Waals surface area (Å²) in [7, 11) is -7.95. The summed E-state index contributed by atoms with van der Waals surface area (Å²) >= 11 is 3.23. The van der Waals surface area contributed by atoms with Crippen LogP contribution in [0.4, 0.5) is 20.2 Å². The monoisotopic (exact) mass is 738 g/mol. The van der Waals surface area contributed by atoms with Gasteiger partial charge in [-0.15, -0.1) is 0 Å². The number of benzene rings is 3. The molecule has 3 rings (SSSR count). The maximum atomic E-state index is 14.3. The normalized spacial score (nSPS) is 11.8. The summed E-state index contributed by atoms with van der Waals surface area (Å²) in [5, 5.41) is 18.9. The number of nitrogens with one attached hydrogen (secondary N) is 2. The number of anilines is 2. The van der Waals surface area contributed by atoms with Crippen molar-refractivity contribution in [2.75, 3.05) is 16.6 Å². The van der Waals surface area contributed by atoms with E-state index in [1.807, 2.05) is 9.44 Å². The molecule has 4 N–H and O–H groups in total. The van der Waals surface area contributed by atoms with Crippen molar-refractivity contribution in [1.29, 1.82) is 0 Å². The molecule has 0 fully saturated rings. The van der Waals surface area contributed by atoms with Crippen LogP contribution in [0.15, 0.2) is 52.3 Å². The predicted molar refractivity (Wildman–Crippen MR) is 136 cm³/mol. The van der Waals surface area contributed by atoms with E-state index in [2.05, 4.69) is 0 Å². The maximum absolute atomic E-state index is 14.3. The fraction of sp³-hybridized carbons (Fsp3) is 0.0526. The Morgan fingerprint density at radius 3 is 1.71 bits per heavy atom. The molecule has 0 spiro atoms. The van der Waals surface area contributed by atoms with Gasteiger partial charge in [-0.2, -0.15) is 0 Å². The molecule has 15 heteroatoms. The highest BCUT2D eigenvalue weighted by atomic mass is 127. The molecule has 0 aliphatic heterocycles. The third-order valence-electron chi connectivity index (χ3n) is 4.26. The number of sulfonamides is 2. The second kappa shape index (κ2) is 9.86. The summed E-state index contributed by atoms with van der Waals surface area (Å²) in [4.78, 5) is -1.19. The number of hydrogen-bond donors (Lipinski definition) is 4. The highest BCUT2D eigenvalue weighted by Crippen LogP contribution is 2.34. The van der Waals surface area contributed by atoms with Gasteiger partial charge in [0.25, 0.3) is 20.0 Å². The van der Waals surface area contributed by atoms with Gasteiger partial charge in [-0.25, -0.2) is 25.6 Å². The predicted octanol–water partition coefficient (Wildman–Crippen LogP) is 4.20. The van der Waals surface area contributed by atoms with Crippen molar-refractivity contribution in [3.63, 3.8) is 0 Å². The molecule has 34 heavy (non-hydrogen) atoms. The fourth-order valence-electron chi connectivity index (χ4n) is 2.73. The smallest absolute Gasteiger partial charge is 0.265 e. The van der Waals surface area contributed by atoms with Gasteiger partial charge >= 0.3 is 0 Å². The largest absolute Gasteiger partial charge is 0.508 e. The first-order valence-corrected chi connectivity index (χ1v) is 14.0. The second-order valence-electron chi connectivity index (χ2n) is 6.59. The number of phenolic OH excluding ortho intramolecular Hbond substituents is 2. The standard InChI is InChI=1S/C19H14F2I2N2O7S2/c1-32-16-3-2-11(33(28,29)24-18-12(20)4-9(26)6-14(18)22)8-17(16)34(30,31)25-19-13(21)5-10(27)7-15(19)23/h2-8,24-27H,1H3. The van der Waals surface area contributed by atoms with Gasteiger partial charge in [-0.3, -0.25) is 9.44 Å². The molecular weight excluding hydrogens is 724 g/mol. The van der Waals surface area contributed by atoms with Crippen LogP contribution in [0.5, 0.6) is 17.2 Å². The molecule has 0 aromatic heterocycles. The van der Waals surface area contributed by atoms with Crippen LogP contribution in [0, 0.1) is 18.8 Å². The zero-order chi connectivity index (χ0) is 25.4. The number of phenols is 2. The van der Waals surface area contributed by atoms with Crippen LogP contribution in [0.2, 0.25) is 0 Å². The molecule has 0 amide bonds. The van der Waals surface area contributed by atoms with Crippen LogP contribution in [0.1, 0.15) is 0 Å². The van der Waals surface area contributed by atoms with E-state index in [9.17, 15) is 35.8 Å². The fourth-order valence-corrected chi connectivity index (χ4v) is 6.99. The molecule has 0 aliphatic rings. The Morgan fingerprint density at radius 2 is 1.26 bits per heavy atom. The van der Waals surface area contributed by atoms with Gasteiger partial charge in [-0.05, 0) is 75.5 Å². The summed E-state index contributed by atoms with van der Waals surface area (Å²) in [5.74, 6) is -3.18. The first kappa shape index (κ1) is 26.5. The molecule has 182 valence electrons. The molecule has 0 aliphatic carbocycles. The van der Waals surface area contributed by atoms with Crippen molar-refractivity contribution in [2.45, 2.75) is 9.79 Å². The van der Waals surface area contributed by atoms with Crippen molar-refractivity contribution in [1.82, 2.24) is 0 Å². The lowest BCUT2D eigenvalue weighted by Gasteiger charge is -2.16. The Hall–Kier alpha value is -2.12. The van der Waals surface area contributed by atoms with Gasteiger partial charge in [0.2, 0.25) is 0 Å². The van der Waals surface area contributed by atoms with Crippen LogP contribution < -0.4 is 14.2 Å². The highest BCUT2D eigenvalue weighted by molar-refractivity contribution is 14.1. The van der Waals surface area contributed by atoms with Gasteiger partial charge < -0.3 is 14.9 Å². The second-order valence-corrected chi connectivity index (χ2v) is 12.3. The summed E-state index contributed by atoms with van der Waals surface area (Å²) < 4.78 is 89.5. The number of hydrogen-bond acceptors (Lipinski definition) is 7. The summed E-state index contributed by atoms with van der Waals surface area (Å²) in [5.41, 5.74) is -0.912. The van der Waals surface area contributed by atoms with Crippen molar-refractivity contribution < 1.29 is 40.6 Å². The van der Waals surface area contributed by atoms with Crippen molar-refractivity contribution in [3.8, 4) is 17.2 Å². The Morgan fingerprint density at radius 1 is 0.794 bits per heavy atom. The van der Waals surface area contributed by atoms with Crippen molar-refractivity contribution in [3.05, 3.63) is 61.2 Å². The van der Waals surface area contributed by atoms with Gasteiger partial charge in [0.05, 0.1) is 23.4 Å². The minimum Gasteiger partial charge on any atom is -0.508 e. The Balaban J connectivity index is 2.07. The quantitative estimate of drug-likeness (QED) is 0.211. The van der Waals surface area contributed by atoms with Gasteiger partial charge in [-0.1, -0.05) is 0 Å². The van der Waals surface area contributed by atoms with E-state index < -0.39 is 64.3 Å². The molecule has 3 aromatic rings. The summed E-state index contributed by atoms with van der Waals surface area (Å²) in [6.07, 6.45) is 0. The van der Waals surface area contributed by atoms with Crippen LogP contribution in [0.25, 0.3) is 0 Å². The summed E-state index contributed by atoms with van der Waals surface area (Å²) in [6.45, 7) is 0. The number of aromatic hydroxyl groups is 2. The van der Waals surface area contributed by atoms with Gasteiger partial charge in [0.1, 0.15) is 22.1 Å². The molecular formula is C19H14F2I2N2O7S2. The van der Waals surface area contributed by atoms with E-state index in [4.69, 9.17) is 4.74 Å². The topological polar surface area (TPSA) is 142 Å². The van der Waals surface area contributed by atoms with E-state index in [-0.39, 0.29) is 12.9 Å². The maximum Gasteiger partial charge on any atom is 0.265 e. The van der Waals surface area contributed by atoms with Crippen LogP contribution in [-0.2, 0) is 20.0 Å². The zero-order valence-electron chi connectivity index (χ0n) is 16.8. The Kier molecular flexibility index (Phi) is 7.68. The molecule has 0 saturated heterocycles. The van der Waals surface area contributed by atoms with Crippen LogP contribution in [-0.4, -0.2) is 34.2 Å². The first-order valence-electron chi connectivity index (χ1n) is 8.85. The number of rotatable bonds is 7. The minimum absolute atomic E-state index is 0.0421. The lowest BCUT2D eigenvalue weighted by atomic mass is 10.3.